The summed E-state index contributed by atoms with van der Waals surface area (Å²) >= 11 is 0. The van der Waals surface area contributed by atoms with E-state index in [1.807, 2.05) is 20.8 Å². The van der Waals surface area contributed by atoms with Crippen molar-refractivity contribution in [3.63, 3.8) is 0 Å². The minimum Gasteiger partial charge on any atom is -0.496 e. The predicted molar refractivity (Wildman–Crippen MR) is 100 cm³/mol. The van der Waals surface area contributed by atoms with Gasteiger partial charge in [0, 0.05) is 24.9 Å². The number of hydrogen-bond acceptors (Lipinski definition) is 3. The fraction of sp³-hybridized carbons (Fsp3) is 0.524. The predicted octanol–water partition coefficient (Wildman–Crippen LogP) is 4.42. The first-order chi connectivity index (χ1) is 11.5. The number of methoxy groups -OCH3 is 1. The summed E-state index contributed by atoms with van der Waals surface area (Å²) in [6.07, 6.45) is 4.73. The summed E-state index contributed by atoms with van der Waals surface area (Å²) in [5, 5.41) is 11.0. The Kier molecular flexibility index (Phi) is 5.62. The Labute approximate surface area is 150 Å². The Hall–Kier alpha value is -1.81. The summed E-state index contributed by atoms with van der Waals surface area (Å²) in [7, 11) is 1.58. The molecule has 0 amide bonds. The molecule has 2 rings (SSSR count). The molecule has 25 heavy (non-hydrogen) atoms. The molecule has 0 fully saturated rings. The van der Waals surface area contributed by atoms with Crippen molar-refractivity contribution in [1.82, 2.24) is 4.90 Å². The van der Waals surface area contributed by atoms with Crippen molar-refractivity contribution < 1.29 is 14.2 Å². The molecule has 1 unspecified atom stereocenters. The van der Waals surface area contributed by atoms with E-state index in [0.29, 0.717) is 18.7 Å². The van der Waals surface area contributed by atoms with Crippen LogP contribution in [0.1, 0.15) is 46.6 Å². The molecule has 1 aromatic carbocycles. The van der Waals surface area contributed by atoms with Gasteiger partial charge in [-0.2, -0.15) is 0 Å². The van der Waals surface area contributed by atoms with Crippen LogP contribution in [0, 0.1) is 5.82 Å². The summed E-state index contributed by atoms with van der Waals surface area (Å²) in [4.78, 5) is 2.14. The average molecular weight is 347 g/mol. The van der Waals surface area contributed by atoms with Gasteiger partial charge in [0.2, 0.25) is 0 Å². The number of β-amino-alcohol motifs (C(OH)–C–C–N with tert-alkyl or cyclic N) is 1. The topological polar surface area (TPSA) is 32.7 Å². The van der Waals surface area contributed by atoms with Crippen LogP contribution >= 0.6 is 0 Å². The first kappa shape index (κ1) is 19.5. The number of ether oxygens (including phenoxy) is 1. The molecular weight excluding hydrogens is 317 g/mol. The van der Waals surface area contributed by atoms with Crippen molar-refractivity contribution in [3.05, 3.63) is 53.0 Å². The Morgan fingerprint density at radius 2 is 1.92 bits per heavy atom. The van der Waals surface area contributed by atoms with E-state index in [-0.39, 0.29) is 5.82 Å². The number of nitrogens with zero attached hydrogens (tertiary/aromatic N) is 1. The maximum absolute atomic E-state index is 13.8. The lowest BCUT2D eigenvalue weighted by atomic mass is 9.75. The van der Waals surface area contributed by atoms with Crippen LogP contribution in [0.4, 0.5) is 4.39 Å². The van der Waals surface area contributed by atoms with Crippen LogP contribution in [0.5, 0.6) is 5.75 Å². The van der Waals surface area contributed by atoms with Gasteiger partial charge >= 0.3 is 0 Å². The van der Waals surface area contributed by atoms with E-state index in [2.05, 4.69) is 31.0 Å². The molecule has 0 aromatic heterocycles. The van der Waals surface area contributed by atoms with Crippen LogP contribution in [0.2, 0.25) is 0 Å². The van der Waals surface area contributed by atoms with Gasteiger partial charge in [-0.15, -0.1) is 0 Å². The highest BCUT2D eigenvalue weighted by atomic mass is 19.1. The summed E-state index contributed by atoms with van der Waals surface area (Å²) in [5.74, 6) is 0.355. The third-order valence-corrected chi connectivity index (χ3v) is 4.57. The van der Waals surface area contributed by atoms with Crippen molar-refractivity contribution in [2.45, 2.75) is 52.1 Å². The summed E-state index contributed by atoms with van der Waals surface area (Å²) in [6, 6.07) is 4.55. The number of halogens is 1. The molecule has 138 valence electrons. The van der Waals surface area contributed by atoms with Crippen LogP contribution in [0.3, 0.4) is 0 Å². The second kappa shape index (κ2) is 7.20. The van der Waals surface area contributed by atoms with Crippen LogP contribution in [0.15, 0.2) is 41.6 Å². The summed E-state index contributed by atoms with van der Waals surface area (Å²) < 4.78 is 19.2. The minimum atomic E-state index is -0.921. The van der Waals surface area contributed by atoms with E-state index in [1.165, 1.54) is 23.3 Å². The SMILES string of the molecule is COc1ccc(F)cc1C(C)(C)CC(C)(O)CN1C=C(C)C=C(C)C1. The highest BCUT2D eigenvalue weighted by molar-refractivity contribution is 5.39. The first-order valence-corrected chi connectivity index (χ1v) is 8.68. The van der Waals surface area contributed by atoms with Crippen molar-refractivity contribution in [2.24, 2.45) is 0 Å². The fourth-order valence-corrected chi connectivity index (χ4v) is 3.98. The fourth-order valence-electron chi connectivity index (χ4n) is 3.98. The molecule has 0 radical (unpaired) electrons. The Balaban J connectivity index is 2.18. The van der Waals surface area contributed by atoms with E-state index in [4.69, 9.17) is 4.74 Å². The van der Waals surface area contributed by atoms with E-state index >= 15 is 0 Å². The lowest BCUT2D eigenvalue weighted by molar-refractivity contribution is 0.00895. The summed E-state index contributed by atoms with van der Waals surface area (Å²) in [5.41, 5.74) is 1.88. The van der Waals surface area contributed by atoms with Gasteiger partial charge in [-0.1, -0.05) is 25.5 Å². The van der Waals surface area contributed by atoms with Gasteiger partial charge in [0.1, 0.15) is 11.6 Å². The van der Waals surface area contributed by atoms with Gasteiger partial charge < -0.3 is 14.7 Å². The zero-order valence-corrected chi connectivity index (χ0v) is 16.2. The molecule has 1 atom stereocenters. The van der Waals surface area contributed by atoms with E-state index in [0.717, 1.165) is 12.1 Å². The van der Waals surface area contributed by atoms with Crippen molar-refractivity contribution >= 4 is 0 Å². The van der Waals surface area contributed by atoms with Crippen LogP contribution < -0.4 is 4.74 Å². The lowest BCUT2D eigenvalue weighted by Crippen LogP contribution is -2.44. The standard InChI is InChI=1S/C21H30FNO2/c1-15-9-16(2)12-23(11-15)14-21(5,24)13-20(3,4)18-10-17(22)7-8-19(18)25-6/h7-11,24H,12-14H2,1-6H3. The molecular formula is C21H30FNO2. The molecule has 0 aliphatic carbocycles. The Morgan fingerprint density at radius 3 is 2.52 bits per heavy atom. The highest BCUT2D eigenvalue weighted by Gasteiger charge is 2.35. The molecule has 1 aliphatic heterocycles. The Morgan fingerprint density at radius 1 is 1.24 bits per heavy atom. The number of hydrogen-bond donors (Lipinski definition) is 1. The van der Waals surface area contributed by atoms with Gasteiger partial charge in [-0.3, -0.25) is 0 Å². The van der Waals surface area contributed by atoms with Gasteiger partial charge in [0.25, 0.3) is 0 Å². The minimum absolute atomic E-state index is 0.293. The largest absolute Gasteiger partial charge is 0.496 e. The third kappa shape index (κ3) is 5.08. The van der Waals surface area contributed by atoms with Crippen LogP contribution in [-0.4, -0.2) is 35.8 Å². The lowest BCUT2D eigenvalue weighted by Gasteiger charge is -2.38. The van der Waals surface area contributed by atoms with Crippen molar-refractivity contribution in [1.29, 1.82) is 0 Å². The molecule has 0 bridgehead atoms. The van der Waals surface area contributed by atoms with E-state index in [9.17, 15) is 9.50 Å². The van der Waals surface area contributed by atoms with Crippen LogP contribution in [-0.2, 0) is 5.41 Å². The number of aliphatic hydroxyl groups is 1. The number of rotatable bonds is 6. The maximum atomic E-state index is 13.8. The molecule has 1 aliphatic rings. The molecule has 1 N–H and O–H groups in total. The number of benzene rings is 1. The van der Waals surface area contributed by atoms with Crippen molar-refractivity contribution in [2.75, 3.05) is 20.2 Å². The molecule has 3 nitrogen and oxygen atoms in total. The third-order valence-electron chi connectivity index (χ3n) is 4.57. The van der Waals surface area contributed by atoms with Crippen molar-refractivity contribution in [3.8, 4) is 5.75 Å². The number of allylic oxidation sites excluding steroid dienone is 2. The average Bonchev–Trinajstić information content (AvgIpc) is 2.44. The first-order valence-electron chi connectivity index (χ1n) is 8.68. The van der Waals surface area contributed by atoms with Crippen LogP contribution in [0.25, 0.3) is 0 Å². The summed E-state index contributed by atoms with van der Waals surface area (Å²) in [6.45, 7) is 11.4. The smallest absolute Gasteiger partial charge is 0.123 e. The second-order valence-corrected chi connectivity index (χ2v) is 8.17. The molecule has 0 saturated heterocycles. The van der Waals surface area contributed by atoms with E-state index < -0.39 is 11.0 Å². The van der Waals surface area contributed by atoms with Gasteiger partial charge in [0.05, 0.1) is 12.7 Å². The molecule has 1 heterocycles. The zero-order chi connectivity index (χ0) is 18.8. The van der Waals surface area contributed by atoms with Gasteiger partial charge in [-0.25, -0.2) is 4.39 Å². The monoisotopic (exact) mass is 347 g/mol. The molecule has 0 saturated carbocycles. The maximum Gasteiger partial charge on any atom is 0.123 e. The van der Waals surface area contributed by atoms with E-state index in [1.54, 1.807) is 13.2 Å². The molecule has 0 spiro atoms. The molecule has 4 heteroatoms. The van der Waals surface area contributed by atoms with Gasteiger partial charge in [0.15, 0.2) is 0 Å². The molecule has 1 aromatic rings. The van der Waals surface area contributed by atoms with Gasteiger partial charge in [-0.05, 0) is 56.4 Å². The quantitative estimate of drug-likeness (QED) is 0.827. The highest BCUT2D eigenvalue weighted by Crippen LogP contribution is 2.38. The second-order valence-electron chi connectivity index (χ2n) is 8.17. The zero-order valence-electron chi connectivity index (χ0n) is 16.2. The Bertz CT molecular complexity index is 689. The normalized spacial score (nSPS) is 17.7.